The van der Waals surface area contributed by atoms with Crippen molar-refractivity contribution in [2.75, 3.05) is 6.61 Å². The first-order chi connectivity index (χ1) is 7.13. The topological polar surface area (TPSA) is 46.5 Å². The molecule has 0 saturated heterocycles. The average molecular weight is 206 g/mol. The van der Waals surface area contributed by atoms with Gasteiger partial charge in [0.1, 0.15) is 12.4 Å². The van der Waals surface area contributed by atoms with Crippen LogP contribution in [-0.2, 0) is 11.2 Å². The van der Waals surface area contributed by atoms with Gasteiger partial charge in [-0.25, -0.2) is 0 Å². The minimum Gasteiger partial charge on any atom is -0.489 e. The van der Waals surface area contributed by atoms with Gasteiger partial charge in [0.15, 0.2) is 0 Å². The van der Waals surface area contributed by atoms with Crippen LogP contribution in [0.5, 0.6) is 5.75 Å². The zero-order chi connectivity index (χ0) is 11.3. The van der Waals surface area contributed by atoms with Crippen molar-refractivity contribution in [3.8, 4) is 5.75 Å². The second-order valence-electron chi connectivity index (χ2n) is 3.28. The average Bonchev–Trinajstić information content (AvgIpc) is 2.16. The van der Waals surface area contributed by atoms with Crippen molar-refractivity contribution in [2.45, 2.75) is 13.3 Å². The van der Waals surface area contributed by atoms with Crippen LogP contribution in [0.25, 0.3) is 0 Å². The Kier molecular flexibility index (Phi) is 3.92. The number of carboxylic acid groups (broad SMARTS) is 1. The highest BCUT2D eigenvalue weighted by molar-refractivity contribution is 5.71. The lowest BCUT2D eigenvalue weighted by atomic mass is 10.1. The van der Waals surface area contributed by atoms with Crippen molar-refractivity contribution in [1.82, 2.24) is 0 Å². The molecule has 1 rings (SSSR count). The van der Waals surface area contributed by atoms with Crippen LogP contribution in [0.15, 0.2) is 30.9 Å². The Morgan fingerprint density at radius 1 is 1.60 bits per heavy atom. The molecule has 0 aliphatic carbocycles. The minimum atomic E-state index is -0.857. The summed E-state index contributed by atoms with van der Waals surface area (Å²) < 4.78 is 5.36. The summed E-state index contributed by atoms with van der Waals surface area (Å²) in [6.45, 7) is 5.85. The molecular formula is C12H14O3. The summed E-state index contributed by atoms with van der Waals surface area (Å²) in [5.41, 5.74) is 1.72. The van der Waals surface area contributed by atoms with Gasteiger partial charge in [-0.2, -0.15) is 0 Å². The number of rotatable bonds is 5. The number of ether oxygens (including phenoxy) is 1. The van der Waals surface area contributed by atoms with E-state index >= 15 is 0 Å². The van der Waals surface area contributed by atoms with Gasteiger partial charge in [0.05, 0.1) is 6.42 Å². The fraction of sp³-hybridized carbons (Fsp3) is 0.250. The van der Waals surface area contributed by atoms with Gasteiger partial charge in [-0.1, -0.05) is 30.4 Å². The number of aryl methyl sites for hydroxylation is 1. The van der Waals surface area contributed by atoms with Gasteiger partial charge in [-0.3, -0.25) is 4.79 Å². The molecule has 0 aliphatic heterocycles. The van der Waals surface area contributed by atoms with Crippen LogP contribution < -0.4 is 4.74 Å². The number of hydrogen-bond acceptors (Lipinski definition) is 2. The third kappa shape index (κ3) is 3.46. The molecule has 15 heavy (non-hydrogen) atoms. The van der Waals surface area contributed by atoms with Gasteiger partial charge < -0.3 is 9.84 Å². The standard InChI is InChI=1S/C12H14O3/c1-3-6-15-11-5-4-9(2)7-10(11)8-12(13)14/h3-5,7H,1,6,8H2,2H3,(H,13,14). The van der Waals surface area contributed by atoms with E-state index in [9.17, 15) is 4.79 Å². The molecule has 0 heterocycles. The monoisotopic (exact) mass is 206 g/mol. The number of carbonyl (C=O) groups is 1. The van der Waals surface area contributed by atoms with E-state index in [4.69, 9.17) is 9.84 Å². The summed E-state index contributed by atoms with van der Waals surface area (Å²) in [6, 6.07) is 5.51. The number of benzene rings is 1. The molecule has 3 nitrogen and oxygen atoms in total. The van der Waals surface area contributed by atoms with Gasteiger partial charge in [0, 0.05) is 5.56 Å². The lowest BCUT2D eigenvalue weighted by Crippen LogP contribution is -2.04. The molecule has 1 aromatic rings. The first-order valence-electron chi connectivity index (χ1n) is 4.68. The number of hydrogen-bond donors (Lipinski definition) is 1. The Morgan fingerprint density at radius 3 is 2.93 bits per heavy atom. The Bertz CT molecular complexity index is 369. The molecule has 0 aliphatic rings. The smallest absolute Gasteiger partial charge is 0.307 e. The predicted molar refractivity (Wildman–Crippen MR) is 58.2 cm³/mol. The van der Waals surface area contributed by atoms with E-state index in [0.717, 1.165) is 5.56 Å². The summed E-state index contributed by atoms with van der Waals surface area (Å²) in [5.74, 6) is -0.244. The van der Waals surface area contributed by atoms with Gasteiger partial charge in [-0.05, 0) is 13.0 Å². The van der Waals surface area contributed by atoms with Crippen LogP contribution in [0.3, 0.4) is 0 Å². The fourth-order valence-electron chi connectivity index (χ4n) is 1.30. The van der Waals surface area contributed by atoms with E-state index in [0.29, 0.717) is 17.9 Å². The van der Waals surface area contributed by atoms with E-state index in [1.165, 1.54) is 0 Å². The van der Waals surface area contributed by atoms with Crippen molar-refractivity contribution in [2.24, 2.45) is 0 Å². The molecule has 0 spiro atoms. The van der Waals surface area contributed by atoms with E-state index in [1.54, 1.807) is 12.1 Å². The quantitative estimate of drug-likeness (QED) is 0.751. The van der Waals surface area contributed by atoms with E-state index < -0.39 is 5.97 Å². The first-order valence-corrected chi connectivity index (χ1v) is 4.68. The summed E-state index contributed by atoms with van der Waals surface area (Å²) in [7, 11) is 0. The Hall–Kier alpha value is -1.77. The molecule has 0 fully saturated rings. The highest BCUT2D eigenvalue weighted by Gasteiger charge is 2.07. The van der Waals surface area contributed by atoms with Crippen LogP contribution in [-0.4, -0.2) is 17.7 Å². The van der Waals surface area contributed by atoms with Crippen LogP contribution in [0.2, 0.25) is 0 Å². The minimum absolute atomic E-state index is 0.0197. The molecule has 0 atom stereocenters. The molecule has 0 unspecified atom stereocenters. The molecule has 0 radical (unpaired) electrons. The molecule has 0 saturated carbocycles. The van der Waals surface area contributed by atoms with Crippen LogP contribution >= 0.6 is 0 Å². The third-order valence-electron chi connectivity index (χ3n) is 1.91. The zero-order valence-corrected chi connectivity index (χ0v) is 8.69. The van der Waals surface area contributed by atoms with Crippen molar-refractivity contribution < 1.29 is 14.6 Å². The summed E-state index contributed by atoms with van der Waals surface area (Å²) in [5, 5.41) is 8.73. The van der Waals surface area contributed by atoms with Gasteiger partial charge in [0.2, 0.25) is 0 Å². The molecule has 0 aromatic heterocycles. The van der Waals surface area contributed by atoms with Crippen molar-refractivity contribution >= 4 is 5.97 Å². The number of aliphatic carboxylic acids is 1. The normalized spacial score (nSPS) is 9.67. The maximum Gasteiger partial charge on any atom is 0.307 e. The fourth-order valence-corrected chi connectivity index (χ4v) is 1.30. The van der Waals surface area contributed by atoms with Crippen LogP contribution in [0, 0.1) is 6.92 Å². The van der Waals surface area contributed by atoms with Gasteiger partial charge >= 0.3 is 5.97 Å². The van der Waals surface area contributed by atoms with Crippen LogP contribution in [0.1, 0.15) is 11.1 Å². The second-order valence-corrected chi connectivity index (χ2v) is 3.28. The maximum absolute atomic E-state index is 10.6. The van der Waals surface area contributed by atoms with Gasteiger partial charge in [0.25, 0.3) is 0 Å². The Labute approximate surface area is 89.0 Å². The summed E-state index contributed by atoms with van der Waals surface area (Å²) in [6.07, 6.45) is 1.61. The SMILES string of the molecule is C=CCOc1ccc(C)cc1CC(=O)O. The highest BCUT2D eigenvalue weighted by atomic mass is 16.5. The zero-order valence-electron chi connectivity index (χ0n) is 8.69. The van der Waals surface area contributed by atoms with Crippen molar-refractivity contribution in [3.05, 3.63) is 42.0 Å². The van der Waals surface area contributed by atoms with E-state index in [2.05, 4.69) is 6.58 Å². The molecule has 3 heteroatoms. The lowest BCUT2D eigenvalue weighted by molar-refractivity contribution is -0.136. The largest absolute Gasteiger partial charge is 0.489 e. The lowest BCUT2D eigenvalue weighted by Gasteiger charge is -2.09. The van der Waals surface area contributed by atoms with Crippen molar-refractivity contribution in [3.63, 3.8) is 0 Å². The molecular weight excluding hydrogens is 192 g/mol. The van der Waals surface area contributed by atoms with Crippen molar-refractivity contribution in [1.29, 1.82) is 0 Å². The molecule has 1 aromatic carbocycles. The highest BCUT2D eigenvalue weighted by Crippen LogP contribution is 2.20. The number of carboxylic acids is 1. The van der Waals surface area contributed by atoms with Gasteiger partial charge in [-0.15, -0.1) is 0 Å². The predicted octanol–water partition coefficient (Wildman–Crippen LogP) is 2.19. The second kappa shape index (κ2) is 5.20. The summed E-state index contributed by atoms with van der Waals surface area (Å²) >= 11 is 0. The third-order valence-corrected chi connectivity index (χ3v) is 1.91. The maximum atomic E-state index is 10.6. The van der Waals surface area contributed by atoms with Crippen LogP contribution in [0.4, 0.5) is 0 Å². The molecule has 80 valence electrons. The molecule has 1 N–H and O–H groups in total. The van der Waals surface area contributed by atoms with E-state index in [-0.39, 0.29) is 6.42 Å². The summed E-state index contributed by atoms with van der Waals surface area (Å²) in [4.78, 5) is 10.6. The van der Waals surface area contributed by atoms with E-state index in [1.807, 2.05) is 19.1 Å². The Balaban J connectivity index is 2.91. The molecule has 0 bridgehead atoms. The molecule has 0 amide bonds. The Morgan fingerprint density at radius 2 is 2.33 bits per heavy atom. The first kappa shape index (κ1) is 11.3.